The van der Waals surface area contributed by atoms with Crippen LogP contribution in [0.4, 0.5) is 11.4 Å². The third-order valence-corrected chi connectivity index (χ3v) is 2.68. The van der Waals surface area contributed by atoms with Gasteiger partial charge >= 0.3 is 0 Å². The third kappa shape index (κ3) is 2.81. The molecule has 0 radical (unpaired) electrons. The highest BCUT2D eigenvalue weighted by Gasteiger charge is 2.14. The number of hydrogen-bond acceptors (Lipinski definition) is 5. The molecule has 1 aromatic carbocycles. The molecule has 0 bridgehead atoms. The second kappa shape index (κ2) is 5.49. The van der Waals surface area contributed by atoms with Crippen molar-refractivity contribution in [2.24, 2.45) is 0 Å². The van der Waals surface area contributed by atoms with Crippen LogP contribution in [0.2, 0.25) is 0 Å². The Kier molecular flexibility index (Phi) is 3.76. The molecule has 1 heterocycles. The molecule has 2 rings (SSSR count). The van der Waals surface area contributed by atoms with Gasteiger partial charge in [-0.05, 0) is 32.0 Å². The summed E-state index contributed by atoms with van der Waals surface area (Å²) in [4.78, 5) is 4.38. The topological polar surface area (TPSA) is 97.9 Å². The first-order valence-corrected chi connectivity index (χ1v) is 6.24. The van der Waals surface area contributed by atoms with Gasteiger partial charge in [-0.2, -0.15) is 5.26 Å². The Hall–Kier alpha value is -2.74. The SMILES string of the molecule is CC(C)Oc1nc(-c2ccc(N)cc2)cc(N)c1C#N. The van der Waals surface area contributed by atoms with Crippen molar-refractivity contribution in [3.8, 4) is 23.2 Å². The molecule has 0 fully saturated rings. The lowest BCUT2D eigenvalue weighted by Crippen LogP contribution is -2.10. The monoisotopic (exact) mass is 268 g/mol. The summed E-state index contributed by atoms with van der Waals surface area (Å²) >= 11 is 0. The number of nitrogens with zero attached hydrogens (tertiary/aromatic N) is 2. The molecule has 5 nitrogen and oxygen atoms in total. The summed E-state index contributed by atoms with van der Waals surface area (Å²) in [6.07, 6.45) is -0.0873. The molecular formula is C15H16N4O. The van der Waals surface area contributed by atoms with E-state index in [0.717, 1.165) is 5.56 Å². The Bertz CT molecular complexity index is 657. The van der Waals surface area contributed by atoms with Gasteiger partial charge in [0.1, 0.15) is 11.6 Å². The minimum atomic E-state index is -0.0873. The van der Waals surface area contributed by atoms with Gasteiger partial charge in [0.2, 0.25) is 5.88 Å². The Morgan fingerprint density at radius 2 is 1.85 bits per heavy atom. The molecule has 5 heteroatoms. The second-order valence-electron chi connectivity index (χ2n) is 4.68. The minimum Gasteiger partial charge on any atom is -0.474 e. The smallest absolute Gasteiger partial charge is 0.234 e. The third-order valence-electron chi connectivity index (χ3n) is 2.68. The van der Waals surface area contributed by atoms with Crippen molar-refractivity contribution in [2.75, 3.05) is 11.5 Å². The molecule has 1 aromatic heterocycles. The molecule has 2 aromatic rings. The Labute approximate surface area is 117 Å². The van der Waals surface area contributed by atoms with Crippen LogP contribution in [0.1, 0.15) is 19.4 Å². The fourth-order valence-corrected chi connectivity index (χ4v) is 1.76. The van der Waals surface area contributed by atoms with E-state index < -0.39 is 0 Å². The van der Waals surface area contributed by atoms with Crippen molar-refractivity contribution in [1.82, 2.24) is 4.98 Å². The summed E-state index contributed by atoms with van der Waals surface area (Å²) in [5, 5.41) is 9.14. The molecule has 0 atom stereocenters. The molecule has 0 saturated carbocycles. The highest BCUT2D eigenvalue weighted by molar-refractivity contribution is 5.70. The molecule has 0 saturated heterocycles. The zero-order valence-electron chi connectivity index (χ0n) is 11.4. The van der Waals surface area contributed by atoms with E-state index in [1.54, 1.807) is 18.2 Å². The van der Waals surface area contributed by atoms with Gasteiger partial charge < -0.3 is 16.2 Å². The number of rotatable bonds is 3. The van der Waals surface area contributed by atoms with E-state index in [2.05, 4.69) is 4.98 Å². The van der Waals surface area contributed by atoms with Crippen LogP contribution in [0.3, 0.4) is 0 Å². The summed E-state index contributed by atoms with van der Waals surface area (Å²) in [5.74, 6) is 0.259. The lowest BCUT2D eigenvalue weighted by Gasteiger charge is -2.13. The Balaban J connectivity index is 2.53. The van der Waals surface area contributed by atoms with Crippen molar-refractivity contribution in [3.63, 3.8) is 0 Å². The van der Waals surface area contributed by atoms with Crippen LogP contribution < -0.4 is 16.2 Å². The Morgan fingerprint density at radius 1 is 1.20 bits per heavy atom. The fraction of sp³-hybridized carbons (Fsp3) is 0.200. The first kappa shape index (κ1) is 13.7. The van der Waals surface area contributed by atoms with E-state index >= 15 is 0 Å². The van der Waals surface area contributed by atoms with Crippen molar-refractivity contribution in [1.29, 1.82) is 5.26 Å². The highest BCUT2D eigenvalue weighted by Crippen LogP contribution is 2.29. The molecule has 0 aliphatic heterocycles. The molecule has 0 unspecified atom stereocenters. The summed E-state index contributed by atoms with van der Waals surface area (Å²) < 4.78 is 5.56. The van der Waals surface area contributed by atoms with Crippen LogP contribution in [0.5, 0.6) is 5.88 Å². The quantitative estimate of drug-likeness (QED) is 0.834. The van der Waals surface area contributed by atoms with Crippen LogP contribution in [-0.2, 0) is 0 Å². The van der Waals surface area contributed by atoms with Gasteiger partial charge in [-0.15, -0.1) is 0 Å². The van der Waals surface area contributed by atoms with Gasteiger partial charge in [0.25, 0.3) is 0 Å². The number of pyridine rings is 1. The lowest BCUT2D eigenvalue weighted by molar-refractivity contribution is 0.232. The Morgan fingerprint density at radius 3 is 2.40 bits per heavy atom. The number of aromatic nitrogens is 1. The minimum absolute atomic E-state index is 0.0873. The molecule has 0 aliphatic carbocycles. The lowest BCUT2D eigenvalue weighted by atomic mass is 10.1. The molecule has 102 valence electrons. The predicted octanol–water partition coefficient (Wildman–Crippen LogP) is 2.57. The first-order valence-electron chi connectivity index (χ1n) is 6.24. The van der Waals surface area contributed by atoms with Crippen LogP contribution in [0, 0.1) is 11.3 Å². The summed E-state index contributed by atoms with van der Waals surface area (Å²) in [5.41, 5.74) is 14.4. The van der Waals surface area contributed by atoms with E-state index in [9.17, 15) is 0 Å². The second-order valence-corrected chi connectivity index (χ2v) is 4.68. The average Bonchev–Trinajstić information content (AvgIpc) is 2.38. The first-order chi connectivity index (χ1) is 9.51. The van der Waals surface area contributed by atoms with Crippen molar-refractivity contribution in [3.05, 3.63) is 35.9 Å². The standard InChI is InChI=1S/C15H16N4O/c1-9(2)20-15-12(8-16)13(18)7-14(19-15)10-3-5-11(17)6-4-10/h3-7,9H,17H2,1-2H3,(H2,18,19). The van der Waals surface area contributed by atoms with Gasteiger partial charge in [0.15, 0.2) is 0 Å². The number of nitrogen functional groups attached to an aromatic ring is 2. The van der Waals surface area contributed by atoms with E-state index in [1.807, 2.05) is 32.0 Å². The summed E-state index contributed by atoms with van der Waals surface area (Å²) in [6, 6.07) is 11.0. The maximum Gasteiger partial charge on any atom is 0.234 e. The maximum atomic E-state index is 9.14. The van der Waals surface area contributed by atoms with E-state index in [-0.39, 0.29) is 17.5 Å². The average molecular weight is 268 g/mol. The molecular weight excluding hydrogens is 252 g/mol. The van der Waals surface area contributed by atoms with Gasteiger partial charge in [0.05, 0.1) is 17.5 Å². The van der Waals surface area contributed by atoms with E-state index in [4.69, 9.17) is 21.5 Å². The van der Waals surface area contributed by atoms with Crippen molar-refractivity contribution >= 4 is 11.4 Å². The number of hydrogen-bond donors (Lipinski definition) is 2. The highest BCUT2D eigenvalue weighted by atomic mass is 16.5. The number of nitriles is 1. The van der Waals surface area contributed by atoms with Gasteiger partial charge in [-0.3, -0.25) is 0 Å². The number of benzene rings is 1. The summed E-state index contributed by atoms with van der Waals surface area (Å²) in [7, 11) is 0. The predicted molar refractivity (Wildman–Crippen MR) is 79.0 cm³/mol. The fourth-order valence-electron chi connectivity index (χ4n) is 1.76. The molecule has 0 aliphatic rings. The molecule has 20 heavy (non-hydrogen) atoms. The zero-order valence-corrected chi connectivity index (χ0v) is 11.4. The zero-order chi connectivity index (χ0) is 14.7. The van der Waals surface area contributed by atoms with Crippen molar-refractivity contribution in [2.45, 2.75) is 20.0 Å². The van der Waals surface area contributed by atoms with Crippen LogP contribution in [0.25, 0.3) is 11.3 Å². The van der Waals surface area contributed by atoms with Crippen molar-refractivity contribution < 1.29 is 4.74 Å². The van der Waals surface area contributed by atoms with Crippen LogP contribution in [-0.4, -0.2) is 11.1 Å². The normalized spacial score (nSPS) is 10.3. The van der Waals surface area contributed by atoms with Gasteiger partial charge in [0, 0.05) is 11.3 Å². The summed E-state index contributed by atoms with van der Waals surface area (Å²) in [6.45, 7) is 3.74. The number of nitrogens with two attached hydrogens (primary N) is 2. The largest absolute Gasteiger partial charge is 0.474 e. The number of anilines is 2. The van der Waals surface area contributed by atoms with Gasteiger partial charge in [-0.25, -0.2) is 4.98 Å². The molecule has 0 amide bonds. The maximum absolute atomic E-state index is 9.14. The molecule has 4 N–H and O–H groups in total. The van der Waals surface area contributed by atoms with Gasteiger partial charge in [-0.1, -0.05) is 12.1 Å². The number of ether oxygens (including phenoxy) is 1. The van der Waals surface area contributed by atoms with Crippen LogP contribution >= 0.6 is 0 Å². The van der Waals surface area contributed by atoms with Crippen LogP contribution in [0.15, 0.2) is 30.3 Å². The van der Waals surface area contributed by atoms with E-state index in [0.29, 0.717) is 17.1 Å². The van der Waals surface area contributed by atoms with E-state index in [1.165, 1.54) is 0 Å². The molecule has 0 spiro atoms.